The Labute approximate surface area is 155 Å². The minimum Gasteiger partial charge on any atom is -0.485 e. The molecule has 0 amide bonds. The van der Waals surface area contributed by atoms with Gasteiger partial charge in [-0.25, -0.2) is 4.39 Å². The summed E-state index contributed by atoms with van der Waals surface area (Å²) in [5, 5.41) is 0. The lowest BCUT2D eigenvalue weighted by molar-refractivity contribution is -0.0319. The second-order valence-corrected chi connectivity index (χ2v) is 7.70. The van der Waals surface area contributed by atoms with Crippen molar-refractivity contribution < 1.29 is 13.9 Å². The molecule has 0 radical (unpaired) electrons. The summed E-state index contributed by atoms with van der Waals surface area (Å²) in [6, 6.07) is 13.0. The Morgan fingerprint density at radius 1 is 1.08 bits per heavy atom. The topological polar surface area (TPSA) is 21.7 Å². The average molecular weight is 406 g/mol. The minimum atomic E-state index is -0.251. The Balaban J connectivity index is 1.38. The van der Waals surface area contributed by atoms with Crippen LogP contribution in [-0.2, 0) is 6.61 Å². The number of hydrogen-bond acceptors (Lipinski definition) is 3. The number of hydrogen-bond donors (Lipinski definition) is 0. The quantitative estimate of drug-likeness (QED) is 0.689. The van der Waals surface area contributed by atoms with E-state index in [1.54, 1.807) is 6.07 Å². The number of likely N-dealkylation sites (tertiary alicyclic amines) is 1. The van der Waals surface area contributed by atoms with Gasteiger partial charge >= 0.3 is 0 Å². The zero-order valence-corrected chi connectivity index (χ0v) is 15.5. The normalized spacial score (nSPS) is 18.5. The van der Waals surface area contributed by atoms with Gasteiger partial charge in [0.15, 0.2) is 11.5 Å². The van der Waals surface area contributed by atoms with E-state index < -0.39 is 0 Å². The molecule has 1 saturated carbocycles. The highest BCUT2D eigenvalue weighted by molar-refractivity contribution is 9.10. The van der Waals surface area contributed by atoms with E-state index in [9.17, 15) is 4.39 Å². The van der Waals surface area contributed by atoms with Gasteiger partial charge in [-0.15, -0.1) is 0 Å². The summed E-state index contributed by atoms with van der Waals surface area (Å²) in [7, 11) is 0. The number of ether oxygens (including phenoxy) is 2. The van der Waals surface area contributed by atoms with Gasteiger partial charge in [-0.3, -0.25) is 4.90 Å². The summed E-state index contributed by atoms with van der Waals surface area (Å²) in [5.41, 5.74) is 0.800. The first-order chi connectivity index (χ1) is 12.2. The lowest BCUT2D eigenvalue weighted by Crippen LogP contribution is -2.59. The van der Waals surface area contributed by atoms with E-state index in [4.69, 9.17) is 9.47 Å². The maximum atomic E-state index is 13.3. The van der Waals surface area contributed by atoms with Crippen molar-refractivity contribution in [3.8, 4) is 11.5 Å². The van der Waals surface area contributed by atoms with Gasteiger partial charge in [0.2, 0.25) is 0 Å². The molecule has 0 N–H and O–H groups in total. The number of rotatable bonds is 6. The molecule has 0 unspecified atom stereocenters. The highest BCUT2D eigenvalue weighted by Crippen LogP contribution is 2.35. The van der Waals surface area contributed by atoms with Gasteiger partial charge in [0, 0.05) is 23.6 Å². The molecule has 0 bridgehead atoms. The van der Waals surface area contributed by atoms with E-state index in [0.717, 1.165) is 34.9 Å². The summed E-state index contributed by atoms with van der Waals surface area (Å²) < 4.78 is 26.3. The van der Waals surface area contributed by atoms with Crippen molar-refractivity contribution in [3.05, 3.63) is 58.3 Å². The summed E-state index contributed by atoms with van der Waals surface area (Å²) in [6.07, 6.45) is 4.22. The number of benzene rings is 2. The fourth-order valence-electron chi connectivity index (χ4n) is 3.25. The molecular weight excluding hydrogens is 385 g/mol. The lowest BCUT2D eigenvalue weighted by atomic mass is 9.89. The third-order valence-corrected chi connectivity index (χ3v) is 5.44. The maximum Gasteiger partial charge on any atom is 0.162 e. The molecular formula is C20H21BrFNO2. The van der Waals surface area contributed by atoms with Gasteiger partial charge in [0.25, 0.3) is 0 Å². The van der Waals surface area contributed by atoms with Crippen LogP contribution in [0.15, 0.2) is 46.9 Å². The van der Waals surface area contributed by atoms with E-state index in [-0.39, 0.29) is 11.9 Å². The smallest absolute Gasteiger partial charge is 0.162 e. The van der Waals surface area contributed by atoms with E-state index in [0.29, 0.717) is 12.4 Å². The van der Waals surface area contributed by atoms with Crippen molar-refractivity contribution >= 4 is 15.9 Å². The molecule has 2 aromatic rings. The van der Waals surface area contributed by atoms with Crippen LogP contribution in [0.2, 0.25) is 0 Å². The lowest BCUT2D eigenvalue weighted by Gasteiger charge is -2.47. The van der Waals surface area contributed by atoms with Crippen LogP contribution >= 0.6 is 15.9 Å². The van der Waals surface area contributed by atoms with Crippen LogP contribution in [0.4, 0.5) is 4.39 Å². The van der Waals surface area contributed by atoms with E-state index in [1.165, 1.54) is 31.4 Å². The number of nitrogens with zero attached hydrogens (tertiary/aromatic N) is 1. The number of halogens is 2. The largest absolute Gasteiger partial charge is 0.485 e. The SMILES string of the molecule is Fc1cccc(COc2ccc(Br)cc2OC2CN(C3CCC3)C2)c1. The first kappa shape index (κ1) is 16.9. The van der Waals surface area contributed by atoms with E-state index in [1.807, 2.05) is 24.3 Å². The standard InChI is InChI=1S/C20H21BrFNO2/c21-15-7-8-19(24-13-14-3-1-4-16(22)9-14)20(10-15)25-18-11-23(12-18)17-5-2-6-17/h1,3-4,7-10,17-18H,2,5-6,11-13H2. The fraction of sp³-hybridized carbons (Fsp3) is 0.400. The minimum absolute atomic E-state index is 0.214. The molecule has 2 aromatic carbocycles. The van der Waals surface area contributed by atoms with Gasteiger partial charge in [-0.05, 0) is 48.7 Å². The highest BCUT2D eigenvalue weighted by atomic mass is 79.9. The Morgan fingerprint density at radius 3 is 2.64 bits per heavy atom. The zero-order valence-electron chi connectivity index (χ0n) is 14.0. The molecule has 1 heterocycles. The average Bonchev–Trinajstić information content (AvgIpc) is 2.50. The van der Waals surface area contributed by atoms with Crippen molar-refractivity contribution in [2.75, 3.05) is 13.1 Å². The molecule has 2 aliphatic rings. The summed E-state index contributed by atoms with van der Waals surface area (Å²) in [6.45, 7) is 2.29. The fourth-order valence-corrected chi connectivity index (χ4v) is 3.59. The Morgan fingerprint density at radius 2 is 1.92 bits per heavy atom. The summed E-state index contributed by atoms with van der Waals surface area (Å²) in [5.74, 6) is 1.18. The molecule has 3 nitrogen and oxygen atoms in total. The first-order valence-electron chi connectivity index (χ1n) is 8.75. The Bertz CT molecular complexity index is 744. The van der Waals surface area contributed by atoms with Crippen LogP contribution in [0, 0.1) is 5.82 Å². The van der Waals surface area contributed by atoms with Gasteiger partial charge in [0.05, 0.1) is 0 Å². The van der Waals surface area contributed by atoms with E-state index >= 15 is 0 Å². The first-order valence-corrected chi connectivity index (χ1v) is 9.54. The molecule has 1 aliphatic heterocycles. The van der Waals surface area contributed by atoms with Crippen LogP contribution in [0.3, 0.4) is 0 Å². The molecule has 1 aliphatic carbocycles. The van der Waals surface area contributed by atoms with Crippen LogP contribution in [0.25, 0.3) is 0 Å². The second kappa shape index (κ2) is 7.34. The predicted octanol–water partition coefficient (Wildman–Crippen LogP) is 4.78. The van der Waals surface area contributed by atoms with Crippen LogP contribution < -0.4 is 9.47 Å². The monoisotopic (exact) mass is 405 g/mol. The maximum absolute atomic E-state index is 13.3. The molecule has 0 atom stereocenters. The Hall–Kier alpha value is -1.59. The predicted molar refractivity (Wildman–Crippen MR) is 98.5 cm³/mol. The second-order valence-electron chi connectivity index (χ2n) is 6.79. The highest BCUT2D eigenvalue weighted by Gasteiger charge is 2.36. The molecule has 5 heteroatoms. The van der Waals surface area contributed by atoms with Gasteiger partial charge in [-0.2, -0.15) is 0 Å². The van der Waals surface area contributed by atoms with Crippen molar-refractivity contribution in [1.82, 2.24) is 4.90 Å². The molecule has 2 fully saturated rings. The van der Waals surface area contributed by atoms with Crippen LogP contribution in [0.1, 0.15) is 24.8 Å². The van der Waals surface area contributed by atoms with Crippen molar-refractivity contribution in [3.63, 3.8) is 0 Å². The third kappa shape index (κ3) is 3.98. The molecule has 0 spiro atoms. The van der Waals surface area contributed by atoms with Gasteiger partial charge in [-0.1, -0.05) is 34.5 Å². The van der Waals surface area contributed by atoms with Gasteiger partial charge in [0.1, 0.15) is 18.5 Å². The van der Waals surface area contributed by atoms with Crippen molar-refractivity contribution in [2.45, 2.75) is 38.0 Å². The molecule has 4 rings (SSSR count). The third-order valence-electron chi connectivity index (χ3n) is 4.95. The molecule has 0 aromatic heterocycles. The summed E-state index contributed by atoms with van der Waals surface area (Å²) >= 11 is 3.49. The zero-order chi connectivity index (χ0) is 17.2. The molecule has 1 saturated heterocycles. The molecule has 132 valence electrons. The van der Waals surface area contributed by atoms with Gasteiger partial charge < -0.3 is 9.47 Å². The van der Waals surface area contributed by atoms with Crippen molar-refractivity contribution in [2.24, 2.45) is 0 Å². The van der Waals surface area contributed by atoms with E-state index in [2.05, 4.69) is 20.8 Å². The van der Waals surface area contributed by atoms with Crippen LogP contribution in [0.5, 0.6) is 11.5 Å². The van der Waals surface area contributed by atoms with Crippen LogP contribution in [-0.4, -0.2) is 30.1 Å². The summed E-state index contributed by atoms with van der Waals surface area (Å²) in [4.78, 5) is 2.50. The molecule has 25 heavy (non-hydrogen) atoms. The Kier molecular flexibility index (Phi) is 4.95. The van der Waals surface area contributed by atoms with Crippen molar-refractivity contribution in [1.29, 1.82) is 0 Å².